The number of para-hydroxylation sites is 3. The van der Waals surface area contributed by atoms with Crippen molar-refractivity contribution in [3.05, 3.63) is 199 Å². The van der Waals surface area contributed by atoms with Crippen LogP contribution >= 0.6 is 0 Å². The molecule has 0 saturated carbocycles. The number of fused-ring (bicyclic) bond motifs is 8. The van der Waals surface area contributed by atoms with Crippen LogP contribution in [0.25, 0.3) is 59.6 Å². The van der Waals surface area contributed by atoms with Crippen molar-refractivity contribution in [2.75, 3.05) is 9.80 Å². The third-order valence-corrected chi connectivity index (χ3v) is 11.3. The van der Waals surface area contributed by atoms with E-state index in [0.717, 1.165) is 34.1 Å². The Morgan fingerprint density at radius 1 is 0.309 bits per heavy atom. The van der Waals surface area contributed by atoms with Gasteiger partial charge in [-0.15, -0.1) is 0 Å². The van der Waals surface area contributed by atoms with Gasteiger partial charge in [0.1, 0.15) is 0 Å². The topological polar surface area (TPSA) is 10.9 Å². The Morgan fingerprint density at radius 3 is 1.15 bits per heavy atom. The lowest BCUT2D eigenvalue weighted by atomic mass is 10.0. The summed E-state index contributed by atoms with van der Waals surface area (Å²) in [5.41, 5.74) is 13.1. The van der Waals surface area contributed by atoms with Gasteiger partial charge in [0.2, 0.25) is 0 Å². The third kappa shape index (κ3) is 5.04. The normalized spacial score (nSPS) is 11.8. The molecule has 0 spiro atoms. The van der Waals surface area contributed by atoms with E-state index in [0.29, 0.717) is 0 Å². The molecule has 0 N–H and O–H groups in total. The fourth-order valence-corrected chi connectivity index (χ4v) is 8.65. The molecule has 0 atom stereocenters. The molecule has 2 heterocycles. The van der Waals surface area contributed by atoms with E-state index in [2.05, 4.69) is 216 Å². The van der Waals surface area contributed by atoms with Crippen LogP contribution in [0.3, 0.4) is 0 Å². The monoisotopic (exact) mass is 703 g/mol. The first kappa shape index (κ1) is 31.4. The van der Waals surface area contributed by atoms with Crippen LogP contribution in [0.2, 0.25) is 0 Å². The van der Waals surface area contributed by atoms with Gasteiger partial charge in [-0.25, -0.2) is 0 Å². The maximum atomic E-state index is 2.51. The molecule has 3 nitrogen and oxygen atoms in total. The van der Waals surface area contributed by atoms with Gasteiger partial charge in [-0.05, 0) is 132 Å². The third-order valence-electron chi connectivity index (χ3n) is 11.3. The summed E-state index contributed by atoms with van der Waals surface area (Å²) in [5.74, 6) is 0. The summed E-state index contributed by atoms with van der Waals surface area (Å²) < 4.78 is 2.51. The van der Waals surface area contributed by atoms with E-state index < -0.39 is 0 Å². The smallest absolute Gasteiger partial charge is 0.0620 e. The predicted octanol–water partition coefficient (Wildman–Crippen LogP) is 14.7. The van der Waals surface area contributed by atoms with Crippen molar-refractivity contribution < 1.29 is 0 Å². The van der Waals surface area contributed by atoms with Crippen LogP contribution in [0.1, 0.15) is 11.1 Å². The van der Waals surface area contributed by atoms with Gasteiger partial charge < -0.3 is 14.2 Å². The minimum Gasteiger partial charge on any atom is -0.310 e. The highest BCUT2D eigenvalue weighted by Crippen LogP contribution is 2.44. The number of benzene rings is 9. The Hall–Kier alpha value is -7.10. The summed E-state index contributed by atoms with van der Waals surface area (Å²) in [6, 6.07) is 69.1. The zero-order chi connectivity index (χ0) is 36.6. The number of aromatic nitrogens is 1. The first-order valence-electron chi connectivity index (χ1n) is 19.0. The van der Waals surface area contributed by atoms with Gasteiger partial charge in [0.15, 0.2) is 0 Å². The standard InChI is InChI=1S/C52H37N3/c1-34-16-22-42(23-17-34)53(40-10-5-3-6-11-40)44-26-20-36-30-48-46-14-9-15-47-49-31-37-21-27-45(54(41-12-7-4-8-13-41)43-24-18-35(2)19-25-43)29-39(37)33-51(49)55(52(46)47)50(48)32-38(36)28-44/h3-33H,1-2H3. The molecular formula is C52H37N3. The van der Waals surface area contributed by atoms with Crippen molar-refractivity contribution in [2.24, 2.45) is 0 Å². The summed E-state index contributed by atoms with van der Waals surface area (Å²) in [7, 11) is 0. The first-order chi connectivity index (χ1) is 27.1. The summed E-state index contributed by atoms with van der Waals surface area (Å²) >= 11 is 0. The number of nitrogens with zero attached hydrogens (tertiary/aromatic N) is 3. The maximum Gasteiger partial charge on any atom is 0.0620 e. The first-order valence-corrected chi connectivity index (χ1v) is 19.0. The van der Waals surface area contributed by atoms with Crippen LogP contribution in [0, 0.1) is 13.8 Å². The lowest BCUT2D eigenvalue weighted by Gasteiger charge is -2.26. The largest absolute Gasteiger partial charge is 0.310 e. The average molecular weight is 704 g/mol. The molecule has 260 valence electrons. The molecule has 0 radical (unpaired) electrons. The molecule has 0 aliphatic heterocycles. The second kappa shape index (κ2) is 12.2. The van der Waals surface area contributed by atoms with Gasteiger partial charge in [-0.1, -0.05) is 102 Å². The van der Waals surface area contributed by atoms with Gasteiger partial charge in [0.25, 0.3) is 0 Å². The second-order valence-corrected chi connectivity index (χ2v) is 14.9. The summed E-state index contributed by atoms with van der Waals surface area (Å²) in [5, 5.41) is 10.0. The average Bonchev–Trinajstić information content (AvgIpc) is 3.72. The Balaban J connectivity index is 1.12. The number of hydrogen-bond acceptors (Lipinski definition) is 2. The lowest BCUT2D eigenvalue weighted by Crippen LogP contribution is -2.09. The van der Waals surface area contributed by atoms with Crippen LogP contribution in [-0.2, 0) is 0 Å². The Morgan fingerprint density at radius 2 is 0.709 bits per heavy atom. The molecule has 11 aromatic rings. The summed E-state index contributed by atoms with van der Waals surface area (Å²) in [6.45, 7) is 4.28. The molecule has 11 rings (SSSR count). The number of hydrogen-bond donors (Lipinski definition) is 0. The fourth-order valence-electron chi connectivity index (χ4n) is 8.65. The number of rotatable bonds is 6. The van der Waals surface area contributed by atoms with E-state index in [1.807, 2.05) is 0 Å². The molecule has 3 heteroatoms. The van der Waals surface area contributed by atoms with Crippen LogP contribution in [0.4, 0.5) is 34.1 Å². The quantitative estimate of drug-likeness (QED) is 0.171. The zero-order valence-corrected chi connectivity index (χ0v) is 30.7. The minimum atomic E-state index is 1.13. The van der Waals surface area contributed by atoms with Gasteiger partial charge in [0.05, 0.1) is 16.6 Å². The van der Waals surface area contributed by atoms with Crippen LogP contribution in [0.5, 0.6) is 0 Å². The van der Waals surface area contributed by atoms with Crippen molar-refractivity contribution in [3.8, 4) is 0 Å². The van der Waals surface area contributed by atoms with E-state index in [1.165, 1.54) is 70.8 Å². The molecule has 0 unspecified atom stereocenters. The molecule has 0 amide bonds. The van der Waals surface area contributed by atoms with E-state index in [4.69, 9.17) is 0 Å². The Labute approximate surface area is 319 Å². The van der Waals surface area contributed by atoms with E-state index in [-0.39, 0.29) is 0 Å². The maximum absolute atomic E-state index is 2.51. The second-order valence-electron chi connectivity index (χ2n) is 14.9. The molecule has 0 aliphatic rings. The molecule has 0 bridgehead atoms. The molecule has 55 heavy (non-hydrogen) atoms. The van der Waals surface area contributed by atoms with Crippen molar-refractivity contribution in [3.63, 3.8) is 0 Å². The predicted molar refractivity (Wildman–Crippen MR) is 235 cm³/mol. The zero-order valence-electron chi connectivity index (χ0n) is 30.7. The van der Waals surface area contributed by atoms with Crippen molar-refractivity contribution >= 4 is 93.8 Å². The van der Waals surface area contributed by atoms with Crippen LogP contribution in [0.15, 0.2) is 188 Å². The lowest BCUT2D eigenvalue weighted by molar-refractivity contribution is 1.28. The Kier molecular flexibility index (Phi) is 6.99. The number of anilines is 6. The molecular weight excluding hydrogens is 667 g/mol. The fraction of sp³-hybridized carbons (Fsp3) is 0.0385. The highest BCUT2D eigenvalue weighted by Gasteiger charge is 2.20. The molecule has 0 fully saturated rings. The molecule has 0 saturated heterocycles. The minimum absolute atomic E-state index is 1.13. The van der Waals surface area contributed by atoms with Crippen molar-refractivity contribution in [1.82, 2.24) is 4.40 Å². The summed E-state index contributed by atoms with van der Waals surface area (Å²) in [4.78, 5) is 4.70. The van der Waals surface area contributed by atoms with Crippen molar-refractivity contribution in [2.45, 2.75) is 13.8 Å². The summed E-state index contributed by atoms with van der Waals surface area (Å²) in [6.07, 6.45) is 0. The Bertz CT molecular complexity index is 2990. The SMILES string of the molecule is Cc1ccc(N(c2ccccc2)c2ccc3cc4c5cccc6c7cc8ccc(N(c9ccccc9)c9ccc(C)cc9)cc8cc7n(c4cc3c2)c56)cc1. The van der Waals surface area contributed by atoms with Gasteiger partial charge in [0, 0.05) is 55.7 Å². The highest BCUT2D eigenvalue weighted by molar-refractivity contribution is 6.26. The van der Waals surface area contributed by atoms with E-state index in [1.54, 1.807) is 0 Å². The van der Waals surface area contributed by atoms with E-state index >= 15 is 0 Å². The van der Waals surface area contributed by atoms with Crippen LogP contribution < -0.4 is 9.80 Å². The molecule has 2 aromatic heterocycles. The van der Waals surface area contributed by atoms with Crippen molar-refractivity contribution in [1.29, 1.82) is 0 Å². The number of aryl methyl sites for hydroxylation is 2. The van der Waals surface area contributed by atoms with Gasteiger partial charge in [-0.3, -0.25) is 0 Å². The molecule has 9 aromatic carbocycles. The van der Waals surface area contributed by atoms with Crippen LogP contribution in [-0.4, -0.2) is 4.40 Å². The van der Waals surface area contributed by atoms with Gasteiger partial charge >= 0.3 is 0 Å². The van der Waals surface area contributed by atoms with E-state index in [9.17, 15) is 0 Å². The molecule has 0 aliphatic carbocycles. The van der Waals surface area contributed by atoms with Gasteiger partial charge in [-0.2, -0.15) is 0 Å². The highest BCUT2D eigenvalue weighted by atomic mass is 15.1.